The lowest BCUT2D eigenvalue weighted by Gasteiger charge is -2.20. The van der Waals surface area contributed by atoms with Crippen molar-refractivity contribution in [3.8, 4) is 23.2 Å². The van der Waals surface area contributed by atoms with Crippen LogP contribution in [0.15, 0.2) is 42.7 Å². The molecule has 0 atom stereocenters. The SMILES string of the molecule is Cc1cccc(C)c1Oc1cc2c(N3CCCC3)nc(-n3cc(OC(=O)O)cn3)nc2cc1F. The molecule has 0 radical (unpaired) electrons. The number of aryl methyl sites for hydroxylation is 2. The summed E-state index contributed by atoms with van der Waals surface area (Å²) in [5, 5.41) is 13.6. The molecule has 0 aliphatic carbocycles. The highest BCUT2D eigenvalue weighted by Gasteiger charge is 2.22. The lowest BCUT2D eigenvalue weighted by Crippen LogP contribution is -2.20. The number of para-hydroxylation sites is 1. The minimum Gasteiger partial charge on any atom is -0.454 e. The maximum Gasteiger partial charge on any atom is 0.511 e. The van der Waals surface area contributed by atoms with Crippen LogP contribution in [0.4, 0.5) is 15.0 Å². The van der Waals surface area contributed by atoms with E-state index in [2.05, 4.69) is 19.7 Å². The first-order chi connectivity index (χ1) is 16.4. The quantitative estimate of drug-likeness (QED) is 0.412. The fourth-order valence-corrected chi connectivity index (χ4v) is 4.09. The average molecular weight is 463 g/mol. The highest BCUT2D eigenvalue weighted by molar-refractivity contribution is 5.91. The van der Waals surface area contributed by atoms with E-state index in [0.29, 0.717) is 22.5 Å². The Labute approximate surface area is 194 Å². The normalized spacial score (nSPS) is 13.4. The molecule has 1 aliphatic heterocycles. The fourth-order valence-electron chi connectivity index (χ4n) is 4.09. The maximum absolute atomic E-state index is 15.2. The molecule has 9 nitrogen and oxygen atoms in total. The number of hydrogen-bond acceptors (Lipinski definition) is 7. The topological polar surface area (TPSA) is 103 Å². The Morgan fingerprint density at radius 2 is 1.85 bits per heavy atom. The van der Waals surface area contributed by atoms with Gasteiger partial charge in [-0.3, -0.25) is 0 Å². The highest BCUT2D eigenvalue weighted by Crippen LogP contribution is 2.36. The summed E-state index contributed by atoms with van der Waals surface area (Å²) in [5.74, 6) is 1.00. The van der Waals surface area contributed by atoms with Crippen LogP contribution < -0.4 is 14.4 Å². The van der Waals surface area contributed by atoms with Gasteiger partial charge in [-0.25, -0.2) is 18.9 Å². The molecular weight excluding hydrogens is 441 g/mol. The van der Waals surface area contributed by atoms with Crippen LogP contribution in [-0.4, -0.2) is 44.1 Å². The van der Waals surface area contributed by atoms with E-state index in [-0.39, 0.29) is 17.4 Å². The van der Waals surface area contributed by atoms with Gasteiger partial charge < -0.3 is 19.5 Å². The number of anilines is 1. The molecule has 0 saturated carbocycles. The van der Waals surface area contributed by atoms with Gasteiger partial charge in [-0.05, 0) is 43.9 Å². The standard InChI is InChI=1S/C24H22FN5O4/c1-14-6-5-7-15(2)21(14)34-20-10-17-19(11-18(20)25)27-23(28-22(17)29-8-3-4-9-29)30-13-16(12-26-30)33-24(31)32/h5-7,10-13H,3-4,8-9H2,1-2H3,(H,31,32). The molecule has 1 N–H and O–H groups in total. The Hall–Kier alpha value is -4.21. The molecule has 3 heterocycles. The average Bonchev–Trinajstić information content (AvgIpc) is 3.48. The van der Waals surface area contributed by atoms with E-state index in [4.69, 9.17) is 14.8 Å². The molecule has 10 heteroatoms. The smallest absolute Gasteiger partial charge is 0.454 e. The third-order valence-corrected chi connectivity index (χ3v) is 5.71. The van der Waals surface area contributed by atoms with Crippen LogP contribution in [0.1, 0.15) is 24.0 Å². The van der Waals surface area contributed by atoms with Crippen LogP contribution in [0.3, 0.4) is 0 Å². The number of ether oxygens (including phenoxy) is 2. The van der Waals surface area contributed by atoms with Crippen LogP contribution in [0.5, 0.6) is 17.2 Å². The number of carboxylic acid groups (broad SMARTS) is 1. The molecule has 4 aromatic rings. The van der Waals surface area contributed by atoms with Crippen molar-refractivity contribution in [2.24, 2.45) is 0 Å². The summed E-state index contributed by atoms with van der Waals surface area (Å²) in [6.07, 6.45) is 3.20. The Morgan fingerprint density at radius 3 is 2.56 bits per heavy atom. The van der Waals surface area contributed by atoms with Crippen molar-refractivity contribution in [3.63, 3.8) is 0 Å². The number of nitrogens with zero attached hydrogens (tertiary/aromatic N) is 5. The molecule has 0 bridgehead atoms. The van der Waals surface area contributed by atoms with Crippen LogP contribution in [-0.2, 0) is 0 Å². The maximum atomic E-state index is 15.2. The zero-order chi connectivity index (χ0) is 23.8. The number of rotatable bonds is 5. The molecule has 0 spiro atoms. The molecule has 174 valence electrons. The second-order valence-electron chi connectivity index (χ2n) is 8.15. The monoisotopic (exact) mass is 463 g/mol. The number of aromatic nitrogens is 4. The Balaban J connectivity index is 1.62. The van der Waals surface area contributed by atoms with Crippen molar-refractivity contribution in [1.82, 2.24) is 19.7 Å². The van der Waals surface area contributed by atoms with E-state index in [1.807, 2.05) is 32.0 Å². The van der Waals surface area contributed by atoms with Crippen molar-refractivity contribution < 1.29 is 23.8 Å². The first-order valence-corrected chi connectivity index (χ1v) is 10.8. The zero-order valence-electron chi connectivity index (χ0n) is 18.7. The van der Waals surface area contributed by atoms with Gasteiger partial charge in [-0.2, -0.15) is 10.1 Å². The number of halogens is 1. The molecule has 0 unspecified atom stereocenters. The van der Waals surface area contributed by atoms with Gasteiger partial charge >= 0.3 is 6.16 Å². The van der Waals surface area contributed by atoms with Gasteiger partial charge in [0, 0.05) is 24.5 Å². The fraction of sp³-hybridized carbons (Fsp3) is 0.250. The van der Waals surface area contributed by atoms with Crippen LogP contribution in [0, 0.1) is 19.7 Å². The van der Waals surface area contributed by atoms with Gasteiger partial charge in [0.15, 0.2) is 17.3 Å². The lowest BCUT2D eigenvalue weighted by atomic mass is 10.1. The van der Waals surface area contributed by atoms with Crippen molar-refractivity contribution in [2.75, 3.05) is 18.0 Å². The highest BCUT2D eigenvalue weighted by atomic mass is 19.1. The third kappa shape index (κ3) is 4.09. The van der Waals surface area contributed by atoms with E-state index in [9.17, 15) is 4.79 Å². The third-order valence-electron chi connectivity index (χ3n) is 5.71. The summed E-state index contributed by atoms with van der Waals surface area (Å²) in [4.78, 5) is 22.1. The van der Waals surface area contributed by atoms with E-state index in [1.165, 1.54) is 23.1 Å². The molecule has 1 fully saturated rings. The van der Waals surface area contributed by atoms with Crippen molar-refractivity contribution in [1.29, 1.82) is 0 Å². The van der Waals surface area contributed by atoms with E-state index in [1.54, 1.807) is 6.07 Å². The molecule has 34 heavy (non-hydrogen) atoms. The molecule has 1 aliphatic rings. The number of hydrogen-bond donors (Lipinski definition) is 1. The lowest BCUT2D eigenvalue weighted by molar-refractivity contribution is 0.144. The van der Waals surface area contributed by atoms with Gasteiger partial charge in [0.25, 0.3) is 5.95 Å². The Kier molecular flexibility index (Phi) is 5.48. The molecule has 2 aromatic carbocycles. The summed E-state index contributed by atoms with van der Waals surface area (Å²) in [6.45, 7) is 5.45. The molecule has 2 aromatic heterocycles. The van der Waals surface area contributed by atoms with E-state index < -0.39 is 12.0 Å². The molecular formula is C24H22FN5O4. The number of fused-ring (bicyclic) bond motifs is 1. The van der Waals surface area contributed by atoms with Crippen molar-refractivity contribution >= 4 is 22.9 Å². The van der Waals surface area contributed by atoms with E-state index >= 15 is 4.39 Å². The second kappa shape index (κ2) is 8.62. The van der Waals surface area contributed by atoms with Gasteiger partial charge in [0.2, 0.25) is 0 Å². The molecule has 0 amide bonds. The van der Waals surface area contributed by atoms with Gasteiger partial charge in [0.1, 0.15) is 11.6 Å². The summed E-state index contributed by atoms with van der Waals surface area (Å²) in [6, 6.07) is 8.71. The summed E-state index contributed by atoms with van der Waals surface area (Å²) in [7, 11) is 0. The molecule has 1 saturated heterocycles. The predicted molar refractivity (Wildman–Crippen MR) is 123 cm³/mol. The van der Waals surface area contributed by atoms with Crippen LogP contribution in [0.25, 0.3) is 16.9 Å². The van der Waals surface area contributed by atoms with Gasteiger partial charge in [-0.15, -0.1) is 0 Å². The predicted octanol–water partition coefficient (Wildman–Crippen LogP) is 5.02. The van der Waals surface area contributed by atoms with E-state index in [0.717, 1.165) is 37.1 Å². The first kappa shape index (κ1) is 21.6. The minimum atomic E-state index is -1.45. The summed E-state index contributed by atoms with van der Waals surface area (Å²) in [5.41, 5.74) is 2.20. The van der Waals surface area contributed by atoms with Crippen molar-refractivity contribution in [3.05, 3.63) is 59.7 Å². The van der Waals surface area contributed by atoms with Crippen molar-refractivity contribution in [2.45, 2.75) is 26.7 Å². The van der Waals surface area contributed by atoms with Gasteiger partial charge in [0.05, 0.1) is 17.9 Å². The minimum absolute atomic E-state index is 0.0300. The van der Waals surface area contributed by atoms with Crippen LogP contribution in [0.2, 0.25) is 0 Å². The Bertz CT molecular complexity index is 1380. The summed E-state index contributed by atoms with van der Waals surface area (Å²) < 4.78 is 27.1. The van der Waals surface area contributed by atoms with Gasteiger partial charge in [-0.1, -0.05) is 18.2 Å². The zero-order valence-corrected chi connectivity index (χ0v) is 18.7. The first-order valence-electron chi connectivity index (χ1n) is 10.8. The molecule has 5 rings (SSSR count). The number of carbonyl (C=O) groups is 1. The van der Waals surface area contributed by atoms with Crippen LogP contribution >= 0.6 is 0 Å². The summed E-state index contributed by atoms with van der Waals surface area (Å²) >= 11 is 0. The number of benzene rings is 2. The second-order valence-corrected chi connectivity index (χ2v) is 8.15. The largest absolute Gasteiger partial charge is 0.511 e. The Morgan fingerprint density at radius 1 is 1.12 bits per heavy atom.